The first-order chi connectivity index (χ1) is 18.2. The van der Waals surface area contributed by atoms with Gasteiger partial charge in [-0.3, -0.25) is 9.59 Å². The highest BCUT2D eigenvalue weighted by Crippen LogP contribution is 2.42. The van der Waals surface area contributed by atoms with E-state index in [9.17, 15) is 31.5 Å². The summed E-state index contributed by atoms with van der Waals surface area (Å²) >= 11 is 8.22. The predicted molar refractivity (Wildman–Crippen MR) is 136 cm³/mol. The van der Waals surface area contributed by atoms with Crippen LogP contribution in [0.5, 0.6) is 0 Å². The Morgan fingerprint density at radius 2 is 1.87 bits per heavy atom. The van der Waals surface area contributed by atoms with E-state index in [0.29, 0.717) is 20.1 Å². The molecule has 0 atom stereocenters. The molecule has 0 aliphatic rings. The number of nitrogens with one attached hydrogen (secondary N) is 1. The molecular formula is C22H15ClF5IN8O2. The first-order valence-electron chi connectivity index (χ1n) is 10.7. The number of halogens is 7. The lowest BCUT2D eigenvalue weighted by atomic mass is 10.1. The molecule has 2 amide bonds. The second kappa shape index (κ2) is 10.5. The molecular weight excluding hydrogens is 666 g/mol. The van der Waals surface area contributed by atoms with Gasteiger partial charge in [-0.1, -0.05) is 11.6 Å². The minimum Gasteiger partial charge on any atom is -0.366 e. The van der Waals surface area contributed by atoms with Crippen molar-refractivity contribution < 1.29 is 31.5 Å². The van der Waals surface area contributed by atoms with Crippen LogP contribution in [0.1, 0.15) is 37.8 Å². The number of pyridine rings is 1. The van der Waals surface area contributed by atoms with Crippen molar-refractivity contribution in [3.63, 3.8) is 0 Å². The lowest BCUT2D eigenvalue weighted by molar-refractivity contribution is -0.291. The summed E-state index contributed by atoms with van der Waals surface area (Å²) in [4.78, 5) is 30.1. The minimum atomic E-state index is -5.87. The normalized spacial score (nSPS) is 12.0. The number of nitrogens with zero attached hydrogens (tertiary/aromatic N) is 6. The summed E-state index contributed by atoms with van der Waals surface area (Å²) < 4.78 is 67.1. The van der Waals surface area contributed by atoms with E-state index in [-0.39, 0.29) is 33.5 Å². The fraction of sp³-hybridized carbons (Fsp3) is 0.182. The summed E-state index contributed by atoms with van der Waals surface area (Å²) in [6, 6.07) is 7.42. The molecule has 3 aromatic heterocycles. The first-order valence-corrected chi connectivity index (χ1v) is 12.1. The Kier molecular flexibility index (Phi) is 7.61. The molecule has 0 radical (unpaired) electrons. The lowest BCUT2D eigenvalue weighted by Gasteiger charge is -2.16. The number of aromatic nitrogens is 6. The zero-order valence-corrected chi connectivity index (χ0v) is 22.4. The van der Waals surface area contributed by atoms with Crippen LogP contribution in [0, 0.1) is 10.5 Å². The number of anilines is 1. The van der Waals surface area contributed by atoms with Crippen LogP contribution >= 0.6 is 34.2 Å². The monoisotopic (exact) mass is 680 g/mol. The Bertz CT molecular complexity index is 1590. The number of aryl methyl sites for hydroxylation is 1. The standard InChI is InChI=1S/C22H15ClF5IN8O2/c1-10-5-11(29)6-13(18(30)38)17(10)33-20(39)15-7-12(34-37(15)19-14(23)3-2-4-31-19)9-36-32-8-16(35-36)21(24,25)22(26,27)28/h2-8H,9H2,1H3,(H2,30,38)(H,33,39). The molecule has 204 valence electrons. The molecule has 0 aliphatic heterocycles. The van der Waals surface area contributed by atoms with Crippen molar-refractivity contribution in [2.75, 3.05) is 5.32 Å². The summed E-state index contributed by atoms with van der Waals surface area (Å²) in [5.41, 5.74) is 4.43. The zero-order valence-electron chi connectivity index (χ0n) is 19.5. The molecule has 0 unspecified atom stereocenters. The molecule has 0 spiro atoms. The number of amides is 2. The smallest absolute Gasteiger partial charge is 0.366 e. The van der Waals surface area contributed by atoms with E-state index < -0.39 is 36.2 Å². The van der Waals surface area contributed by atoms with Gasteiger partial charge in [0.15, 0.2) is 11.5 Å². The second-order valence-electron chi connectivity index (χ2n) is 8.04. The van der Waals surface area contributed by atoms with Crippen LogP contribution in [0.3, 0.4) is 0 Å². The molecule has 4 rings (SSSR count). The summed E-state index contributed by atoms with van der Waals surface area (Å²) in [5, 5.41) is 13.6. The van der Waals surface area contributed by atoms with Crippen molar-refractivity contribution in [2.45, 2.75) is 25.6 Å². The number of rotatable bonds is 7. The van der Waals surface area contributed by atoms with Crippen LogP contribution in [0.2, 0.25) is 5.02 Å². The maximum absolute atomic E-state index is 13.6. The van der Waals surface area contributed by atoms with Gasteiger partial charge in [-0.2, -0.15) is 42.0 Å². The number of hydrogen-bond donors (Lipinski definition) is 2. The number of alkyl halides is 5. The lowest BCUT2D eigenvalue weighted by Crippen LogP contribution is -2.34. The van der Waals surface area contributed by atoms with Gasteiger partial charge in [0.25, 0.3) is 11.8 Å². The summed E-state index contributed by atoms with van der Waals surface area (Å²) in [6.45, 7) is 1.17. The molecule has 4 aromatic rings. The SMILES string of the molecule is Cc1cc(I)cc(C(N)=O)c1NC(=O)c1cc(Cn2ncc(C(F)(F)C(F)(F)F)n2)nn1-c1ncccc1Cl. The molecule has 0 aliphatic carbocycles. The van der Waals surface area contributed by atoms with Gasteiger partial charge in [-0.05, 0) is 65.4 Å². The number of nitrogens with two attached hydrogens (primary N) is 1. The van der Waals surface area contributed by atoms with Crippen molar-refractivity contribution in [1.29, 1.82) is 0 Å². The topological polar surface area (TPSA) is 134 Å². The van der Waals surface area contributed by atoms with Gasteiger partial charge < -0.3 is 11.1 Å². The third-order valence-electron chi connectivity index (χ3n) is 5.25. The van der Waals surface area contributed by atoms with Crippen LogP contribution in [-0.4, -0.2) is 47.7 Å². The van der Waals surface area contributed by atoms with Crippen molar-refractivity contribution in [2.24, 2.45) is 5.73 Å². The molecule has 3 heterocycles. The Morgan fingerprint density at radius 1 is 1.15 bits per heavy atom. The predicted octanol–water partition coefficient (Wildman–Crippen LogP) is 4.48. The van der Waals surface area contributed by atoms with Gasteiger partial charge >= 0.3 is 12.1 Å². The van der Waals surface area contributed by atoms with E-state index in [1.165, 1.54) is 30.5 Å². The van der Waals surface area contributed by atoms with Gasteiger partial charge in [0.1, 0.15) is 12.2 Å². The van der Waals surface area contributed by atoms with E-state index in [0.717, 1.165) is 4.68 Å². The Hall–Kier alpha value is -3.67. The van der Waals surface area contributed by atoms with Crippen LogP contribution in [0.15, 0.2) is 42.7 Å². The molecule has 39 heavy (non-hydrogen) atoms. The third-order valence-corrected chi connectivity index (χ3v) is 6.17. The number of hydrogen-bond acceptors (Lipinski definition) is 6. The summed E-state index contributed by atoms with van der Waals surface area (Å²) in [7, 11) is 0. The number of primary amides is 1. The van der Waals surface area contributed by atoms with Gasteiger partial charge in [-0.15, -0.1) is 0 Å². The quantitative estimate of drug-likeness (QED) is 0.219. The van der Waals surface area contributed by atoms with E-state index in [4.69, 9.17) is 17.3 Å². The largest absolute Gasteiger partial charge is 0.459 e. The molecule has 0 fully saturated rings. The van der Waals surface area contributed by atoms with Gasteiger partial charge in [0.2, 0.25) is 0 Å². The second-order valence-corrected chi connectivity index (χ2v) is 9.69. The number of carbonyl (C=O) groups is 2. The van der Waals surface area contributed by atoms with Crippen molar-refractivity contribution in [3.05, 3.63) is 79.5 Å². The molecule has 0 saturated carbocycles. The maximum Gasteiger partial charge on any atom is 0.459 e. The van der Waals surface area contributed by atoms with E-state index in [1.54, 1.807) is 13.0 Å². The van der Waals surface area contributed by atoms with Gasteiger partial charge in [0.05, 0.1) is 28.2 Å². The van der Waals surface area contributed by atoms with Gasteiger partial charge in [-0.25, -0.2) is 9.67 Å². The van der Waals surface area contributed by atoms with Crippen molar-refractivity contribution in [1.82, 2.24) is 29.8 Å². The summed E-state index contributed by atoms with van der Waals surface area (Å²) in [5.74, 6) is -6.77. The summed E-state index contributed by atoms with van der Waals surface area (Å²) in [6.07, 6.45) is -4.20. The highest BCUT2D eigenvalue weighted by atomic mass is 127. The Balaban J connectivity index is 1.74. The highest BCUT2D eigenvalue weighted by Gasteiger charge is 2.60. The third kappa shape index (κ3) is 5.70. The van der Waals surface area contributed by atoms with Crippen molar-refractivity contribution in [3.8, 4) is 5.82 Å². The Morgan fingerprint density at radius 3 is 2.51 bits per heavy atom. The average molecular weight is 681 g/mol. The molecule has 10 nitrogen and oxygen atoms in total. The van der Waals surface area contributed by atoms with E-state index in [2.05, 4.69) is 25.6 Å². The van der Waals surface area contributed by atoms with E-state index >= 15 is 0 Å². The van der Waals surface area contributed by atoms with Crippen LogP contribution in [0.4, 0.5) is 27.6 Å². The Labute approximate surface area is 234 Å². The maximum atomic E-state index is 13.6. The fourth-order valence-corrected chi connectivity index (χ4v) is 4.43. The number of carbonyl (C=O) groups excluding carboxylic acids is 2. The van der Waals surface area contributed by atoms with Crippen LogP contribution in [0.25, 0.3) is 5.82 Å². The molecule has 3 N–H and O–H groups in total. The average Bonchev–Trinajstić information content (AvgIpc) is 3.48. The zero-order chi connectivity index (χ0) is 28.7. The van der Waals surface area contributed by atoms with Crippen LogP contribution < -0.4 is 11.1 Å². The molecule has 1 aromatic carbocycles. The molecule has 17 heteroatoms. The van der Waals surface area contributed by atoms with Gasteiger partial charge in [0, 0.05) is 9.77 Å². The van der Waals surface area contributed by atoms with Crippen molar-refractivity contribution >= 4 is 51.7 Å². The molecule has 0 bridgehead atoms. The number of benzene rings is 1. The minimum absolute atomic E-state index is 0.00574. The highest BCUT2D eigenvalue weighted by molar-refractivity contribution is 14.1. The fourth-order valence-electron chi connectivity index (χ4n) is 3.45. The first kappa shape index (κ1) is 28.3. The van der Waals surface area contributed by atoms with Crippen LogP contribution in [-0.2, 0) is 12.5 Å². The molecule has 0 saturated heterocycles. The van der Waals surface area contributed by atoms with E-state index in [1.807, 2.05) is 22.6 Å².